The topological polar surface area (TPSA) is 63.2 Å². The molecule has 3 atom stereocenters. The molecule has 2 heterocycles. The van der Waals surface area contributed by atoms with E-state index in [-0.39, 0.29) is 12.5 Å². The Labute approximate surface area is 112 Å². The largest absolute Gasteiger partial charge is 0.376 e. The molecule has 2 N–H and O–H groups in total. The van der Waals surface area contributed by atoms with Crippen molar-refractivity contribution in [2.24, 2.45) is 0 Å². The van der Waals surface area contributed by atoms with Gasteiger partial charge in [-0.05, 0) is 28.1 Å². The van der Waals surface area contributed by atoms with E-state index in [4.69, 9.17) is 4.74 Å². The molecule has 0 aromatic carbocycles. The van der Waals surface area contributed by atoms with Crippen LogP contribution in [0.15, 0.2) is 22.8 Å². The summed E-state index contributed by atoms with van der Waals surface area (Å²) in [7, 11) is 1.39. The van der Waals surface area contributed by atoms with Gasteiger partial charge in [-0.1, -0.05) is 6.07 Å². The van der Waals surface area contributed by atoms with Gasteiger partial charge >= 0.3 is 0 Å². The lowest BCUT2D eigenvalue weighted by molar-refractivity contribution is -0.120. The maximum absolute atomic E-state index is 13.4. The van der Waals surface area contributed by atoms with Gasteiger partial charge in [-0.15, -0.1) is 0 Å². The Hall–Kier alpha value is -1.05. The number of methoxy groups -OCH3 is 1. The fourth-order valence-corrected chi connectivity index (χ4v) is 2.23. The number of nitrogens with zero attached hydrogens (tertiary/aromatic N) is 1. The first-order chi connectivity index (χ1) is 8.61. The molecule has 18 heavy (non-hydrogen) atoms. The molecule has 98 valence electrons. The molecular weight excluding hydrogens is 305 g/mol. The lowest BCUT2D eigenvalue weighted by Gasteiger charge is -2.18. The second-order valence-electron chi connectivity index (χ2n) is 3.94. The van der Waals surface area contributed by atoms with Gasteiger partial charge in [0, 0.05) is 13.7 Å². The van der Waals surface area contributed by atoms with Gasteiger partial charge in [0.25, 0.3) is 0 Å². The van der Waals surface area contributed by atoms with E-state index in [0.717, 1.165) is 0 Å². The molecule has 0 saturated carbocycles. The normalized spacial score (nSPS) is 27.2. The predicted molar refractivity (Wildman–Crippen MR) is 68.1 cm³/mol. The molecule has 1 saturated heterocycles. The molecule has 1 aromatic heterocycles. The highest BCUT2D eigenvalue weighted by Crippen LogP contribution is 2.17. The van der Waals surface area contributed by atoms with Gasteiger partial charge < -0.3 is 15.4 Å². The minimum Gasteiger partial charge on any atom is -0.376 e. The number of anilines is 1. The van der Waals surface area contributed by atoms with Crippen LogP contribution < -0.4 is 10.6 Å². The van der Waals surface area contributed by atoms with Crippen molar-refractivity contribution in [1.29, 1.82) is 0 Å². The fourth-order valence-electron chi connectivity index (χ4n) is 1.89. The first kappa shape index (κ1) is 13.4. The van der Waals surface area contributed by atoms with Crippen LogP contribution in [0.5, 0.6) is 0 Å². The highest BCUT2D eigenvalue weighted by molar-refractivity contribution is 9.10. The number of hydrogen-bond acceptors (Lipinski definition) is 4. The lowest BCUT2D eigenvalue weighted by Crippen LogP contribution is -2.44. The van der Waals surface area contributed by atoms with E-state index in [9.17, 15) is 9.18 Å². The Bertz CT molecular complexity index is 446. The van der Waals surface area contributed by atoms with E-state index in [1.54, 1.807) is 18.2 Å². The summed E-state index contributed by atoms with van der Waals surface area (Å²) in [5, 5.41) is 5.41. The summed E-state index contributed by atoms with van der Waals surface area (Å²) in [6.07, 6.45) is -1.95. The third-order valence-corrected chi connectivity index (χ3v) is 3.18. The number of alkyl halides is 1. The van der Waals surface area contributed by atoms with Gasteiger partial charge in [-0.3, -0.25) is 4.79 Å². The van der Waals surface area contributed by atoms with Gasteiger partial charge in [0.05, 0.1) is 0 Å². The average molecular weight is 318 g/mol. The summed E-state index contributed by atoms with van der Waals surface area (Å²) in [6, 6.07) is 4.46. The van der Waals surface area contributed by atoms with Crippen molar-refractivity contribution in [1.82, 2.24) is 10.3 Å². The Morgan fingerprint density at radius 1 is 1.67 bits per heavy atom. The minimum atomic E-state index is -1.18. The maximum Gasteiger partial charge on any atom is 0.245 e. The van der Waals surface area contributed by atoms with Crippen LogP contribution in [-0.4, -0.2) is 42.9 Å². The molecule has 2 rings (SSSR count). The number of ether oxygens (including phenoxy) is 1. The second-order valence-corrected chi connectivity index (χ2v) is 4.75. The Morgan fingerprint density at radius 2 is 2.44 bits per heavy atom. The van der Waals surface area contributed by atoms with Crippen LogP contribution in [0, 0.1) is 0 Å². The van der Waals surface area contributed by atoms with Crippen molar-refractivity contribution in [3.05, 3.63) is 22.8 Å². The summed E-state index contributed by atoms with van der Waals surface area (Å²) >= 11 is 3.21. The summed E-state index contributed by atoms with van der Waals surface area (Å²) in [4.78, 5) is 16.0. The number of carbonyl (C=O) groups excluding carboxylic acids is 1. The molecule has 1 amide bonds. The number of halogens is 2. The average Bonchev–Trinajstić information content (AvgIpc) is 2.70. The highest BCUT2D eigenvalue weighted by atomic mass is 79.9. The number of aromatic nitrogens is 1. The maximum atomic E-state index is 13.4. The second kappa shape index (κ2) is 5.73. The zero-order valence-electron chi connectivity index (χ0n) is 9.69. The first-order valence-corrected chi connectivity index (χ1v) is 6.25. The quantitative estimate of drug-likeness (QED) is 0.820. The fraction of sp³-hybridized carbons (Fsp3) is 0.455. The van der Waals surface area contributed by atoms with Crippen LogP contribution in [-0.2, 0) is 9.53 Å². The number of rotatable bonds is 3. The molecular formula is C11H13BrFN3O2. The van der Waals surface area contributed by atoms with Crippen molar-refractivity contribution in [2.75, 3.05) is 19.0 Å². The van der Waals surface area contributed by atoms with Crippen molar-refractivity contribution in [2.45, 2.75) is 18.3 Å². The van der Waals surface area contributed by atoms with Crippen molar-refractivity contribution >= 4 is 27.7 Å². The van der Waals surface area contributed by atoms with Crippen LogP contribution in [0.1, 0.15) is 0 Å². The number of pyridine rings is 1. The molecule has 1 aliphatic heterocycles. The van der Waals surface area contributed by atoms with Crippen LogP contribution in [0.4, 0.5) is 10.2 Å². The highest BCUT2D eigenvalue weighted by Gasteiger charge is 2.40. The number of nitrogens with one attached hydrogen (secondary N) is 2. The Morgan fingerprint density at radius 3 is 3.11 bits per heavy atom. The van der Waals surface area contributed by atoms with E-state index in [2.05, 4.69) is 31.5 Å². The number of amides is 1. The minimum absolute atomic E-state index is 0.114. The van der Waals surface area contributed by atoms with Crippen molar-refractivity contribution in [3.63, 3.8) is 0 Å². The predicted octanol–water partition coefficient (Wildman–Crippen LogP) is 1.11. The SMILES string of the molecule is COC1C(F)CNC1C(=O)Nc1cccc(Br)n1. The summed E-state index contributed by atoms with van der Waals surface area (Å²) < 4.78 is 19.0. The molecule has 5 nitrogen and oxygen atoms in total. The molecule has 0 radical (unpaired) electrons. The van der Waals surface area contributed by atoms with Crippen LogP contribution in [0.3, 0.4) is 0 Å². The zero-order valence-corrected chi connectivity index (χ0v) is 11.3. The third-order valence-electron chi connectivity index (χ3n) is 2.74. The molecule has 0 aliphatic carbocycles. The van der Waals surface area contributed by atoms with Gasteiger partial charge in [0.15, 0.2) is 0 Å². The first-order valence-electron chi connectivity index (χ1n) is 5.45. The standard InChI is InChI=1S/C11H13BrFN3O2/c1-18-10-6(13)5-14-9(10)11(17)16-8-4-2-3-7(12)15-8/h2-4,6,9-10,14H,5H2,1H3,(H,15,16,17). The lowest BCUT2D eigenvalue weighted by atomic mass is 10.1. The van der Waals surface area contributed by atoms with Gasteiger partial charge in [0.2, 0.25) is 5.91 Å². The van der Waals surface area contributed by atoms with Crippen LogP contribution >= 0.6 is 15.9 Å². The smallest absolute Gasteiger partial charge is 0.245 e. The number of carbonyl (C=O) groups is 1. The van der Waals surface area contributed by atoms with E-state index in [1.165, 1.54) is 7.11 Å². The molecule has 1 fully saturated rings. The molecule has 1 aliphatic rings. The van der Waals surface area contributed by atoms with E-state index < -0.39 is 18.3 Å². The van der Waals surface area contributed by atoms with Crippen molar-refractivity contribution in [3.8, 4) is 0 Å². The molecule has 3 unspecified atom stereocenters. The molecule has 0 spiro atoms. The van der Waals surface area contributed by atoms with E-state index in [1.807, 2.05) is 0 Å². The Kier molecular flexibility index (Phi) is 4.26. The van der Waals surface area contributed by atoms with Crippen LogP contribution in [0.2, 0.25) is 0 Å². The van der Waals surface area contributed by atoms with E-state index in [0.29, 0.717) is 10.4 Å². The molecule has 1 aromatic rings. The van der Waals surface area contributed by atoms with Gasteiger partial charge in [-0.25, -0.2) is 9.37 Å². The van der Waals surface area contributed by atoms with Crippen molar-refractivity contribution < 1.29 is 13.9 Å². The summed E-state index contributed by atoms with van der Waals surface area (Å²) in [5.41, 5.74) is 0. The molecule has 0 bridgehead atoms. The van der Waals surface area contributed by atoms with Crippen LogP contribution in [0.25, 0.3) is 0 Å². The van der Waals surface area contributed by atoms with Gasteiger partial charge in [-0.2, -0.15) is 0 Å². The Balaban J connectivity index is 2.04. The summed E-state index contributed by atoms with van der Waals surface area (Å²) in [5.74, 6) is 0.0564. The van der Waals surface area contributed by atoms with Gasteiger partial charge in [0.1, 0.15) is 28.7 Å². The third kappa shape index (κ3) is 2.85. The zero-order chi connectivity index (χ0) is 13.1. The monoisotopic (exact) mass is 317 g/mol. The summed E-state index contributed by atoms with van der Waals surface area (Å²) in [6.45, 7) is 0.114. The molecule has 7 heteroatoms. The van der Waals surface area contributed by atoms with E-state index >= 15 is 0 Å². The number of hydrogen-bond donors (Lipinski definition) is 2.